The summed E-state index contributed by atoms with van der Waals surface area (Å²) < 4.78 is 5.58. The Morgan fingerprint density at radius 3 is 2.78 bits per heavy atom. The van der Waals surface area contributed by atoms with Gasteiger partial charge in [0.05, 0.1) is 12.4 Å². The van der Waals surface area contributed by atoms with Crippen molar-refractivity contribution in [3.8, 4) is 11.5 Å². The lowest BCUT2D eigenvalue weighted by Crippen LogP contribution is -2.14. The molecule has 0 radical (unpaired) electrons. The van der Waals surface area contributed by atoms with Crippen molar-refractivity contribution in [2.75, 3.05) is 5.32 Å². The van der Waals surface area contributed by atoms with Gasteiger partial charge in [-0.1, -0.05) is 6.07 Å². The first-order valence-electron chi connectivity index (χ1n) is 6.84. The van der Waals surface area contributed by atoms with Crippen LogP contribution in [0.25, 0.3) is 0 Å². The van der Waals surface area contributed by atoms with Crippen LogP contribution in [-0.4, -0.2) is 25.8 Å². The third kappa shape index (κ3) is 3.85. The van der Waals surface area contributed by atoms with E-state index in [-0.39, 0.29) is 13.0 Å². The van der Waals surface area contributed by atoms with E-state index in [9.17, 15) is 4.79 Å². The van der Waals surface area contributed by atoms with E-state index >= 15 is 0 Å². The molecule has 0 fully saturated rings. The Balaban J connectivity index is 0.00000208. The molecule has 7 nitrogen and oxygen atoms in total. The molecule has 3 rings (SSSR count). The second kappa shape index (κ2) is 6.61. The number of aryl methyl sites for hydroxylation is 1. The minimum absolute atomic E-state index is 0. The molecule has 0 unspecified atom stereocenters. The van der Waals surface area contributed by atoms with Crippen LogP contribution in [0.5, 0.6) is 11.5 Å². The predicted molar refractivity (Wildman–Crippen MR) is 85.4 cm³/mol. The molecule has 1 N–H and O–H groups in total. The summed E-state index contributed by atoms with van der Waals surface area (Å²) in [5.41, 5.74) is 1.04. The molecular weight excluding hydrogens is 294 g/mol. The largest absolute Gasteiger partial charge is 0.454 e. The summed E-state index contributed by atoms with van der Waals surface area (Å²) in [5.74, 6) is 1.06. The summed E-state index contributed by atoms with van der Waals surface area (Å²) in [5, 5.41) is 2.70. The van der Waals surface area contributed by atoms with Gasteiger partial charge < -0.3 is 10.1 Å². The highest BCUT2D eigenvalue weighted by molar-refractivity contribution is 6.02. The quantitative estimate of drug-likeness (QED) is 0.797. The third-order valence-corrected chi connectivity index (χ3v) is 2.87. The van der Waals surface area contributed by atoms with Gasteiger partial charge in [0.15, 0.2) is 5.75 Å². The summed E-state index contributed by atoms with van der Waals surface area (Å²) in [7, 11) is 0. The first kappa shape index (κ1) is 14.6. The Morgan fingerprint density at radius 2 is 2.00 bits per heavy atom. The molecule has 116 valence electrons. The highest BCUT2D eigenvalue weighted by atomic mass is 16.5. The molecule has 0 aliphatic heterocycles. The lowest BCUT2D eigenvalue weighted by Gasteiger charge is -2.07. The molecular formula is C16H15N5O2. The van der Waals surface area contributed by atoms with Gasteiger partial charge in [0.1, 0.15) is 23.6 Å². The van der Waals surface area contributed by atoms with Crippen LogP contribution in [0.3, 0.4) is 0 Å². The van der Waals surface area contributed by atoms with Crippen LogP contribution in [0, 0.1) is 6.92 Å². The van der Waals surface area contributed by atoms with Gasteiger partial charge in [0, 0.05) is 19.4 Å². The Morgan fingerprint density at radius 1 is 1.17 bits per heavy atom. The monoisotopic (exact) mass is 309 g/mol. The van der Waals surface area contributed by atoms with E-state index in [1.54, 1.807) is 12.1 Å². The Bertz CT molecular complexity index is 829. The number of carbonyl (C=O) groups is 1. The smallest absolute Gasteiger partial charge is 0.275 e. The molecule has 3 aromatic heterocycles. The molecule has 7 heteroatoms. The Hall–Kier alpha value is -3.35. The molecule has 0 aliphatic rings. The maximum Gasteiger partial charge on any atom is 0.275 e. The Labute approximate surface area is 133 Å². The van der Waals surface area contributed by atoms with E-state index in [0.717, 1.165) is 5.69 Å². The number of rotatable bonds is 4. The van der Waals surface area contributed by atoms with Gasteiger partial charge in [0.25, 0.3) is 5.91 Å². The zero-order valence-electron chi connectivity index (χ0n) is 12.3. The summed E-state index contributed by atoms with van der Waals surface area (Å²) >= 11 is 0. The van der Waals surface area contributed by atoms with Gasteiger partial charge in [0.2, 0.25) is 0 Å². The van der Waals surface area contributed by atoms with E-state index < -0.39 is 0 Å². The zero-order valence-corrected chi connectivity index (χ0v) is 12.3. The number of hydrogen-bond donors (Lipinski definition) is 1. The lowest BCUT2D eigenvalue weighted by molar-refractivity contribution is 0.102. The Kier molecular flexibility index (Phi) is 4.19. The van der Waals surface area contributed by atoms with E-state index in [4.69, 9.17) is 4.74 Å². The van der Waals surface area contributed by atoms with E-state index in [0.29, 0.717) is 17.3 Å². The molecule has 0 bridgehead atoms. The van der Waals surface area contributed by atoms with Crippen LogP contribution in [0.15, 0.2) is 55.2 Å². The average Bonchev–Trinajstić information content (AvgIpc) is 2.56. The van der Waals surface area contributed by atoms with Crippen molar-refractivity contribution in [2.45, 2.75) is 6.92 Å². The first-order valence-corrected chi connectivity index (χ1v) is 6.84. The van der Waals surface area contributed by atoms with Crippen molar-refractivity contribution in [1.29, 1.82) is 0 Å². The highest BCUT2D eigenvalue weighted by Crippen LogP contribution is 2.19. The number of aromatic nitrogens is 4. The van der Waals surface area contributed by atoms with Crippen LogP contribution < -0.4 is 10.1 Å². The van der Waals surface area contributed by atoms with Gasteiger partial charge >= 0.3 is 0 Å². The van der Waals surface area contributed by atoms with Crippen LogP contribution in [0.2, 0.25) is 0 Å². The van der Waals surface area contributed by atoms with Crippen molar-refractivity contribution in [1.82, 2.24) is 19.9 Å². The van der Waals surface area contributed by atoms with Crippen molar-refractivity contribution in [3.05, 3.63) is 66.6 Å². The predicted octanol–water partition coefficient (Wildman–Crippen LogP) is 2.87. The maximum absolute atomic E-state index is 12.2. The molecule has 0 saturated heterocycles. The molecule has 0 aliphatic carbocycles. The van der Waals surface area contributed by atoms with Crippen molar-refractivity contribution < 1.29 is 11.0 Å². The van der Waals surface area contributed by atoms with E-state index in [1.165, 1.54) is 31.0 Å². The SMILES string of the molecule is Cc1cccc(NC(=O)c2cc(Oc3cncnc3)ccn2)n1.[HH]. The number of ether oxygens (including phenoxy) is 1. The summed E-state index contributed by atoms with van der Waals surface area (Å²) in [4.78, 5) is 28.2. The summed E-state index contributed by atoms with van der Waals surface area (Å²) in [6.07, 6.45) is 5.97. The van der Waals surface area contributed by atoms with Gasteiger partial charge in [-0.2, -0.15) is 0 Å². The van der Waals surface area contributed by atoms with Crippen LogP contribution in [0.1, 0.15) is 17.6 Å². The molecule has 23 heavy (non-hydrogen) atoms. The fourth-order valence-electron chi connectivity index (χ4n) is 1.87. The number of anilines is 1. The van der Waals surface area contributed by atoms with E-state index in [2.05, 4.69) is 25.3 Å². The van der Waals surface area contributed by atoms with Crippen LogP contribution in [-0.2, 0) is 0 Å². The number of amides is 1. The van der Waals surface area contributed by atoms with Gasteiger partial charge in [-0.25, -0.2) is 15.0 Å². The minimum Gasteiger partial charge on any atom is -0.454 e. The molecule has 3 heterocycles. The van der Waals surface area contributed by atoms with Crippen molar-refractivity contribution >= 4 is 11.7 Å². The normalized spacial score (nSPS) is 10.1. The number of carbonyl (C=O) groups excluding carboxylic acids is 1. The van der Waals surface area contributed by atoms with Gasteiger partial charge in [-0.3, -0.25) is 9.78 Å². The van der Waals surface area contributed by atoms with Crippen molar-refractivity contribution in [3.63, 3.8) is 0 Å². The number of pyridine rings is 2. The second-order valence-electron chi connectivity index (χ2n) is 4.67. The summed E-state index contributed by atoms with van der Waals surface area (Å²) in [6, 6.07) is 8.57. The first-order chi connectivity index (χ1) is 11.2. The zero-order chi connectivity index (χ0) is 16.1. The molecule has 0 atom stereocenters. The molecule has 0 spiro atoms. The molecule has 0 saturated carbocycles. The maximum atomic E-state index is 12.2. The molecule has 0 aromatic carbocycles. The fourth-order valence-corrected chi connectivity index (χ4v) is 1.87. The number of nitrogens with zero attached hydrogens (tertiary/aromatic N) is 4. The average molecular weight is 309 g/mol. The fraction of sp³-hybridized carbons (Fsp3) is 0.0625. The number of hydrogen-bond acceptors (Lipinski definition) is 6. The van der Waals surface area contributed by atoms with Crippen LogP contribution in [0.4, 0.5) is 5.82 Å². The minimum atomic E-state index is -0.363. The lowest BCUT2D eigenvalue weighted by atomic mass is 10.3. The third-order valence-electron chi connectivity index (χ3n) is 2.87. The standard InChI is InChI=1S/C16H13N5O2.H2/c1-11-3-2-4-15(20-11)21-16(22)14-7-12(5-6-19-14)23-13-8-17-10-18-9-13;/h2-10H,1H3,(H,20,21,22);1H. The second-order valence-corrected chi connectivity index (χ2v) is 4.67. The van der Waals surface area contributed by atoms with Gasteiger partial charge in [-0.15, -0.1) is 0 Å². The highest BCUT2D eigenvalue weighted by Gasteiger charge is 2.10. The molecule has 1 amide bonds. The van der Waals surface area contributed by atoms with E-state index in [1.807, 2.05) is 19.1 Å². The van der Waals surface area contributed by atoms with Crippen molar-refractivity contribution in [2.24, 2.45) is 0 Å². The van der Waals surface area contributed by atoms with Crippen LogP contribution >= 0.6 is 0 Å². The topological polar surface area (TPSA) is 89.9 Å². The number of nitrogens with one attached hydrogen (secondary N) is 1. The molecule has 3 aromatic rings. The summed E-state index contributed by atoms with van der Waals surface area (Å²) in [6.45, 7) is 1.85. The van der Waals surface area contributed by atoms with Gasteiger partial charge in [-0.05, 0) is 25.1 Å².